The summed E-state index contributed by atoms with van der Waals surface area (Å²) in [6.45, 7) is 3.96. The number of methoxy groups -OCH3 is 2. The Morgan fingerprint density at radius 2 is 1.22 bits per heavy atom. The lowest BCUT2D eigenvalue weighted by atomic mass is 10.1. The van der Waals surface area contributed by atoms with E-state index in [0.29, 0.717) is 5.82 Å². The van der Waals surface area contributed by atoms with Crippen molar-refractivity contribution in [3.05, 3.63) is 78.1 Å². The summed E-state index contributed by atoms with van der Waals surface area (Å²) >= 11 is 0. The standard InChI is InChI=1S/C25H23N5O2/c1-16-13-22(18-5-9-20(31-3)10-6-18)29-24(26-16)15-25(28-29)30-23(14-17(2)27-30)19-7-11-21(32-4)12-8-19/h5-15H,1-4H3. The lowest BCUT2D eigenvalue weighted by Gasteiger charge is -2.07. The zero-order valence-electron chi connectivity index (χ0n) is 18.4. The molecule has 0 spiro atoms. The highest BCUT2D eigenvalue weighted by Gasteiger charge is 2.16. The maximum atomic E-state index is 5.30. The average Bonchev–Trinajstić information content (AvgIpc) is 3.42. The lowest BCUT2D eigenvalue weighted by Crippen LogP contribution is -2.02. The Bertz CT molecular complexity index is 1400. The molecule has 0 fully saturated rings. The minimum atomic E-state index is 0.705. The van der Waals surface area contributed by atoms with Gasteiger partial charge < -0.3 is 9.47 Å². The van der Waals surface area contributed by atoms with Crippen LogP contribution in [-0.2, 0) is 0 Å². The van der Waals surface area contributed by atoms with E-state index in [-0.39, 0.29) is 0 Å². The second kappa shape index (κ2) is 7.85. The number of rotatable bonds is 5. The molecule has 0 aliphatic heterocycles. The molecule has 5 aromatic rings. The van der Waals surface area contributed by atoms with E-state index < -0.39 is 0 Å². The molecule has 7 nitrogen and oxygen atoms in total. The summed E-state index contributed by atoms with van der Waals surface area (Å²) in [4.78, 5) is 4.69. The van der Waals surface area contributed by atoms with Crippen molar-refractivity contribution in [2.75, 3.05) is 14.2 Å². The van der Waals surface area contributed by atoms with Crippen LogP contribution >= 0.6 is 0 Å². The first-order valence-corrected chi connectivity index (χ1v) is 10.3. The van der Waals surface area contributed by atoms with Gasteiger partial charge in [-0.25, -0.2) is 14.2 Å². The number of ether oxygens (including phenoxy) is 2. The lowest BCUT2D eigenvalue weighted by molar-refractivity contribution is 0.414. The van der Waals surface area contributed by atoms with Crippen molar-refractivity contribution in [2.45, 2.75) is 13.8 Å². The van der Waals surface area contributed by atoms with Gasteiger partial charge >= 0.3 is 0 Å². The van der Waals surface area contributed by atoms with Crippen LogP contribution in [0.2, 0.25) is 0 Å². The Hall–Kier alpha value is -4.13. The second-order valence-corrected chi connectivity index (χ2v) is 7.60. The van der Waals surface area contributed by atoms with Crippen molar-refractivity contribution < 1.29 is 9.47 Å². The summed E-state index contributed by atoms with van der Waals surface area (Å²) in [6, 6.07) is 21.9. The number of fused-ring (bicyclic) bond motifs is 1. The third-order valence-electron chi connectivity index (χ3n) is 5.36. The molecule has 0 bridgehead atoms. The van der Waals surface area contributed by atoms with Crippen LogP contribution in [-0.4, -0.2) is 38.6 Å². The van der Waals surface area contributed by atoms with Gasteiger partial charge in [0.05, 0.1) is 31.3 Å². The number of benzene rings is 2. The normalized spacial score (nSPS) is 11.1. The van der Waals surface area contributed by atoms with E-state index in [0.717, 1.165) is 51.0 Å². The molecule has 0 saturated carbocycles. The fraction of sp³-hybridized carbons (Fsp3) is 0.160. The SMILES string of the molecule is COc1ccc(-c2cc(C)nn2-c2cc3nc(C)cc(-c4ccc(OC)cc4)n3n2)cc1. The summed E-state index contributed by atoms with van der Waals surface area (Å²) in [5.74, 6) is 2.33. The molecular formula is C25H23N5O2. The third-order valence-corrected chi connectivity index (χ3v) is 5.36. The molecule has 0 unspecified atom stereocenters. The molecule has 0 amide bonds. The topological polar surface area (TPSA) is 66.5 Å². The fourth-order valence-corrected chi connectivity index (χ4v) is 3.80. The van der Waals surface area contributed by atoms with Gasteiger partial charge in [-0.1, -0.05) is 0 Å². The van der Waals surface area contributed by atoms with E-state index >= 15 is 0 Å². The van der Waals surface area contributed by atoms with Crippen LogP contribution in [0.3, 0.4) is 0 Å². The number of hydrogen-bond donors (Lipinski definition) is 0. The van der Waals surface area contributed by atoms with Crippen LogP contribution in [0.1, 0.15) is 11.4 Å². The van der Waals surface area contributed by atoms with E-state index in [4.69, 9.17) is 24.7 Å². The van der Waals surface area contributed by atoms with Crippen LogP contribution in [0.15, 0.2) is 66.7 Å². The van der Waals surface area contributed by atoms with Gasteiger partial charge in [-0.15, -0.1) is 5.10 Å². The van der Waals surface area contributed by atoms with E-state index in [9.17, 15) is 0 Å². The average molecular weight is 425 g/mol. The molecule has 7 heteroatoms. The molecule has 32 heavy (non-hydrogen) atoms. The Morgan fingerprint density at radius 3 is 1.81 bits per heavy atom. The summed E-state index contributed by atoms with van der Waals surface area (Å²) in [6.07, 6.45) is 0. The van der Waals surface area contributed by atoms with E-state index in [1.54, 1.807) is 14.2 Å². The maximum absolute atomic E-state index is 5.30. The molecule has 3 heterocycles. The quantitative estimate of drug-likeness (QED) is 0.401. The van der Waals surface area contributed by atoms with Gasteiger partial charge in [-0.05, 0) is 74.5 Å². The molecule has 0 aliphatic carbocycles. The highest BCUT2D eigenvalue weighted by Crippen LogP contribution is 2.28. The summed E-state index contributed by atoms with van der Waals surface area (Å²) in [7, 11) is 3.32. The first kappa shape index (κ1) is 19.8. The van der Waals surface area contributed by atoms with Crippen LogP contribution in [0.4, 0.5) is 0 Å². The van der Waals surface area contributed by atoms with Crippen LogP contribution < -0.4 is 9.47 Å². The molecule has 0 N–H and O–H groups in total. The molecule has 5 rings (SSSR count). The van der Waals surface area contributed by atoms with Gasteiger partial charge in [-0.2, -0.15) is 5.10 Å². The van der Waals surface area contributed by atoms with E-state index in [1.165, 1.54) is 0 Å². The maximum Gasteiger partial charge on any atom is 0.178 e. The predicted molar refractivity (Wildman–Crippen MR) is 124 cm³/mol. The minimum absolute atomic E-state index is 0.705. The zero-order chi connectivity index (χ0) is 22.2. The van der Waals surface area contributed by atoms with Crippen LogP contribution in [0, 0.1) is 13.8 Å². The van der Waals surface area contributed by atoms with Gasteiger partial charge in [0.2, 0.25) is 0 Å². The smallest absolute Gasteiger partial charge is 0.178 e. The molecule has 3 aromatic heterocycles. The molecule has 0 radical (unpaired) electrons. The number of hydrogen-bond acceptors (Lipinski definition) is 5. The number of aromatic nitrogens is 5. The van der Waals surface area contributed by atoms with E-state index in [1.807, 2.05) is 83.7 Å². The van der Waals surface area contributed by atoms with Crippen molar-refractivity contribution in [3.63, 3.8) is 0 Å². The first-order valence-electron chi connectivity index (χ1n) is 10.3. The predicted octanol–water partition coefficient (Wildman–Crippen LogP) is 4.88. The van der Waals surface area contributed by atoms with Gasteiger partial charge in [-0.3, -0.25) is 0 Å². The fourth-order valence-electron chi connectivity index (χ4n) is 3.80. The largest absolute Gasteiger partial charge is 0.497 e. The first-order chi connectivity index (χ1) is 15.6. The van der Waals surface area contributed by atoms with Gasteiger partial charge in [0, 0.05) is 22.9 Å². The number of aryl methyl sites for hydroxylation is 2. The van der Waals surface area contributed by atoms with Crippen LogP contribution in [0.25, 0.3) is 34.0 Å². The third kappa shape index (κ3) is 3.47. The van der Waals surface area contributed by atoms with Gasteiger partial charge in [0.25, 0.3) is 0 Å². The van der Waals surface area contributed by atoms with Crippen LogP contribution in [0.5, 0.6) is 11.5 Å². The van der Waals surface area contributed by atoms with Crippen molar-refractivity contribution in [3.8, 4) is 39.8 Å². The Morgan fingerprint density at radius 1 is 0.656 bits per heavy atom. The molecule has 2 aromatic carbocycles. The van der Waals surface area contributed by atoms with Gasteiger partial charge in [0.1, 0.15) is 11.5 Å². The Labute approximate surface area is 185 Å². The molecule has 160 valence electrons. The van der Waals surface area contributed by atoms with Crippen molar-refractivity contribution >= 4 is 5.65 Å². The molecular weight excluding hydrogens is 402 g/mol. The molecule has 0 atom stereocenters. The highest BCUT2D eigenvalue weighted by molar-refractivity contribution is 5.67. The minimum Gasteiger partial charge on any atom is -0.497 e. The second-order valence-electron chi connectivity index (χ2n) is 7.60. The Kier molecular flexibility index (Phi) is 4.86. The summed E-state index contributed by atoms with van der Waals surface area (Å²) < 4.78 is 14.3. The van der Waals surface area contributed by atoms with Crippen molar-refractivity contribution in [2.24, 2.45) is 0 Å². The van der Waals surface area contributed by atoms with Crippen molar-refractivity contribution in [1.82, 2.24) is 24.4 Å². The van der Waals surface area contributed by atoms with E-state index in [2.05, 4.69) is 6.07 Å². The summed E-state index contributed by atoms with van der Waals surface area (Å²) in [5, 5.41) is 9.58. The zero-order valence-corrected chi connectivity index (χ0v) is 18.4. The highest BCUT2D eigenvalue weighted by atomic mass is 16.5. The number of nitrogens with zero attached hydrogens (tertiary/aromatic N) is 5. The molecule has 0 aliphatic rings. The Balaban J connectivity index is 1.65. The summed E-state index contributed by atoms with van der Waals surface area (Å²) in [5.41, 5.74) is 6.56. The molecule has 0 saturated heterocycles. The van der Waals surface area contributed by atoms with Crippen molar-refractivity contribution in [1.29, 1.82) is 0 Å². The van der Waals surface area contributed by atoms with Gasteiger partial charge in [0.15, 0.2) is 11.5 Å². The monoisotopic (exact) mass is 425 g/mol.